The molecule has 0 spiro atoms. The second-order valence-corrected chi connectivity index (χ2v) is 4.74. The van der Waals surface area contributed by atoms with Gasteiger partial charge in [-0.2, -0.15) is 0 Å². The highest BCUT2D eigenvalue weighted by Gasteiger charge is 2.39. The van der Waals surface area contributed by atoms with E-state index in [1.165, 1.54) is 7.05 Å². The van der Waals surface area contributed by atoms with Crippen LogP contribution in [0.5, 0.6) is 0 Å². The number of aliphatic carboxylic acids is 1. The molecule has 0 aromatic rings. The zero-order valence-electron chi connectivity index (χ0n) is 9.71. The Morgan fingerprint density at radius 3 is 2.00 bits per heavy atom. The van der Waals surface area contributed by atoms with Crippen LogP contribution in [0.25, 0.3) is 0 Å². The van der Waals surface area contributed by atoms with Crippen LogP contribution in [0.15, 0.2) is 0 Å². The summed E-state index contributed by atoms with van der Waals surface area (Å²) in [5.74, 6) is 0.725. The monoisotopic (exact) mass is 201 g/mol. The third-order valence-corrected chi connectivity index (χ3v) is 3.18. The topological polar surface area (TPSA) is 63.3 Å². The molecule has 3 nitrogen and oxygen atoms in total. The summed E-state index contributed by atoms with van der Waals surface area (Å²) in [5.41, 5.74) is 4.56. The van der Waals surface area contributed by atoms with E-state index in [4.69, 9.17) is 5.11 Å². The van der Waals surface area contributed by atoms with E-state index in [9.17, 15) is 4.79 Å². The summed E-state index contributed by atoms with van der Waals surface area (Å²) in [6.07, 6.45) is 2.47. The lowest BCUT2D eigenvalue weighted by Gasteiger charge is -2.20. The molecule has 3 N–H and O–H groups in total. The molecule has 1 aliphatic carbocycles. The molecule has 3 heteroatoms. The molecule has 0 amide bonds. The van der Waals surface area contributed by atoms with Gasteiger partial charge >= 0.3 is 5.97 Å². The van der Waals surface area contributed by atoms with E-state index in [-0.39, 0.29) is 5.41 Å². The number of carboxylic acid groups (broad SMARTS) is 1. The van der Waals surface area contributed by atoms with Crippen molar-refractivity contribution in [3.05, 3.63) is 0 Å². The smallest absolute Gasteiger partial charge is 0.303 e. The molecule has 0 bridgehead atoms. The minimum Gasteiger partial charge on any atom is -0.481 e. The molecule has 0 aromatic heterocycles. The SMILES string of the molecule is CC1CC(C)(CC(=O)O)C[C@@H]1C.CN. The van der Waals surface area contributed by atoms with Crippen molar-refractivity contribution in [3.63, 3.8) is 0 Å². The first-order chi connectivity index (χ1) is 6.43. The first-order valence-electron chi connectivity index (χ1n) is 5.22. The van der Waals surface area contributed by atoms with Crippen LogP contribution in [0.2, 0.25) is 0 Å². The molecule has 0 aliphatic heterocycles. The largest absolute Gasteiger partial charge is 0.481 e. The van der Waals surface area contributed by atoms with E-state index in [2.05, 4.69) is 26.5 Å². The van der Waals surface area contributed by atoms with Gasteiger partial charge in [-0.3, -0.25) is 4.79 Å². The molecule has 1 rings (SSSR count). The third kappa shape index (κ3) is 3.66. The van der Waals surface area contributed by atoms with E-state index < -0.39 is 5.97 Å². The molecule has 14 heavy (non-hydrogen) atoms. The minimum atomic E-state index is -0.654. The average Bonchev–Trinajstić information content (AvgIpc) is 2.28. The Hall–Kier alpha value is -0.570. The Kier molecular flexibility index (Phi) is 5.13. The maximum Gasteiger partial charge on any atom is 0.303 e. The van der Waals surface area contributed by atoms with Crippen LogP contribution in [0.4, 0.5) is 0 Å². The van der Waals surface area contributed by atoms with Crippen LogP contribution in [-0.2, 0) is 4.79 Å². The summed E-state index contributed by atoms with van der Waals surface area (Å²) in [6.45, 7) is 6.54. The maximum atomic E-state index is 10.6. The van der Waals surface area contributed by atoms with E-state index in [0.29, 0.717) is 18.3 Å². The molecule has 84 valence electrons. The van der Waals surface area contributed by atoms with Crippen LogP contribution in [0.3, 0.4) is 0 Å². The fourth-order valence-electron chi connectivity index (χ4n) is 2.55. The Morgan fingerprint density at radius 1 is 1.36 bits per heavy atom. The first-order valence-corrected chi connectivity index (χ1v) is 5.22. The van der Waals surface area contributed by atoms with Gasteiger partial charge in [-0.15, -0.1) is 0 Å². The Labute approximate surface area is 86.7 Å². The van der Waals surface area contributed by atoms with Crippen LogP contribution >= 0.6 is 0 Å². The van der Waals surface area contributed by atoms with Gasteiger partial charge in [0.05, 0.1) is 6.42 Å². The van der Waals surface area contributed by atoms with Crippen molar-refractivity contribution in [3.8, 4) is 0 Å². The lowest BCUT2D eigenvalue weighted by molar-refractivity contribution is -0.139. The Balaban J connectivity index is 0.000000791. The predicted octanol–water partition coefficient (Wildman–Crippen LogP) is 2.11. The van der Waals surface area contributed by atoms with Crippen LogP contribution in [0, 0.1) is 17.3 Å². The van der Waals surface area contributed by atoms with Crippen LogP contribution in [0.1, 0.15) is 40.0 Å². The van der Waals surface area contributed by atoms with Crippen molar-refractivity contribution in [2.75, 3.05) is 7.05 Å². The van der Waals surface area contributed by atoms with Gasteiger partial charge in [0.25, 0.3) is 0 Å². The average molecular weight is 201 g/mol. The second kappa shape index (κ2) is 5.35. The lowest BCUT2D eigenvalue weighted by atomic mass is 9.84. The van der Waals surface area contributed by atoms with Gasteiger partial charge in [-0.1, -0.05) is 20.8 Å². The van der Waals surface area contributed by atoms with Gasteiger partial charge in [-0.05, 0) is 37.1 Å². The predicted molar refractivity (Wildman–Crippen MR) is 58.0 cm³/mol. The number of rotatable bonds is 2. The number of hydrogen-bond donors (Lipinski definition) is 2. The molecule has 0 aromatic carbocycles. The van der Waals surface area contributed by atoms with Gasteiger partial charge < -0.3 is 10.8 Å². The summed E-state index contributed by atoms with van der Waals surface area (Å²) in [7, 11) is 1.50. The van der Waals surface area contributed by atoms with Gasteiger partial charge in [0.1, 0.15) is 0 Å². The summed E-state index contributed by atoms with van der Waals surface area (Å²) in [6, 6.07) is 0. The van der Waals surface area contributed by atoms with Crippen molar-refractivity contribution in [1.29, 1.82) is 0 Å². The number of carbonyl (C=O) groups is 1. The molecule has 2 unspecified atom stereocenters. The fraction of sp³-hybridized carbons (Fsp3) is 0.909. The Morgan fingerprint density at radius 2 is 1.71 bits per heavy atom. The van der Waals surface area contributed by atoms with Crippen molar-refractivity contribution >= 4 is 5.97 Å². The van der Waals surface area contributed by atoms with Gasteiger partial charge in [0.2, 0.25) is 0 Å². The maximum absolute atomic E-state index is 10.6. The summed E-state index contributed by atoms with van der Waals surface area (Å²) >= 11 is 0. The molecule has 3 atom stereocenters. The number of nitrogens with two attached hydrogens (primary N) is 1. The first kappa shape index (κ1) is 13.4. The van der Waals surface area contributed by atoms with Gasteiger partial charge in [-0.25, -0.2) is 0 Å². The number of carboxylic acids is 1. The zero-order chi connectivity index (χ0) is 11.4. The van der Waals surface area contributed by atoms with Crippen molar-refractivity contribution < 1.29 is 9.90 Å². The van der Waals surface area contributed by atoms with E-state index >= 15 is 0 Å². The highest BCUT2D eigenvalue weighted by molar-refractivity contribution is 5.67. The molecule has 0 saturated heterocycles. The number of hydrogen-bond acceptors (Lipinski definition) is 2. The highest BCUT2D eigenvalue weighted by Crippen LogP contribution is 2.47. The third-order valence-electron chi connectivity index (χ3n) is 3.18. The quantitative estimate of drug-likeness (QED) is 0.719. The second-order valence-electron chi connectivity index (χ2n) is 4.74. The summed E-state index contributed by atoms with van der Waals surface area (Å²) < 4.78 is 0. The molecule has 0 radical (unpaired) electrons. The van der Waals surface area contributed by atoms with E-state index in [1.54, 1.807) is 0 Å². The Bertz CT molecular complexity index is 182. The van der Waals surface area contributed by atoms with E-state index in [1.807, 2.05) is 0 Å². The van der Waals surface area contributed by atoms with Gasteiger partial charge in [0.15, 0.2) is 0 Å². The van der Waals surface area contributed by atoms with Crippen LogP contribution in [-0.4, -0.2) is 18.1 Å². The summed E-state index contributed by atoms with van der Waals surface area (Å²) in [4.78, 5) is 10.6. The molecular formula is C11H23NO2. The lowest BCUT2D eigenvalue weighted by Crippen LogP contribution is -2.17. The molecule has 0 heterocycles. The molecular weight excluding hydrogens is 178 g/mol. The van der Waals surface area contributed by atoms with Crippen molar-refractivity contribution in [2.24, 2.45) is 23.0 Å². The summed E-state index contributed by atoms with van der Waals surface area (Å²) in [5, 5.41) is 8.71. The van der Waals surface area contributed by atoms with Gasteiger partial charge in [0, 0.05) is 0 Å². The fourth-order valence-corrected chi connectivity index (χ4v) is 2.55. The standard InChI is InChI=1S/C10H18O2.CH5N/c1-7-4-10(3,5-8(7)2)6-9(11)12;1-2/h7-8H,4-6H2,1-3H3,(H,11,12);2H2,1H3/t7-,8?,10?;/m0./s1. The molecule has 1 saturated carbocycles. The normalized spacial score (nSPS) is 36.1. The molecule has 1 aliphatic rings. The van der Waals surface area contributed by atoms with Crippen molar-refractivity contribution in [1.82, 2.24) is 0 Å². The minimum absolute atomic E-state index is 0.0602. The highest BCUT2D eigenvalue weighted by atomic mass is 16.4. The van der Waals surface area contributed by atoms with Crippen LogP contribution < -0.4 is 5.73 Å². The van der Waals surface area contributed by atoms with Crippen molar-refractivity contribution in [2.45, 2.75) is 40.0 Å². The molecule has 1 fully saturated rings. The van der Waals surface area contributed by atoms with E-state index in [0.717, 1.165) is 12.8 Å². The zero-order valence-corrected chi connectivity index (χ0v) is 9.71.